The Morgan fingerprint density at radius 2 is 1.82 bits per heavy atom. The molecule has 1 aromatic carbocycles. The van der Waals surface area contributed by atoms with E-state index in [1.54, 1.807) is 18.3 Å². The Morgan fingerprint density at radius 3 is 2.50 bits per heavy atom. The number of benzene rings is 1. The molecule has 0 atom stereocenters. The molecule has 0 spiro atoms. The molecular formula is C19H28Cl3N5O. The van der Waals surface area contributed by atoms with Gasteiger partial charge in [0.25, 0.3) is 5.91 Å². The average Bonchev–Trinajstić information content (AvgIpc) is 2.63. The van der Waals surface area contributed by atoms with Crippen molar-refractivity contribution in [1.82, 2.24) is 15.2 Å². The molecule has 1 aromatic heterocycles. The van der Waals surface area contributed by atoms with E-state index >= 15 is 0 Å². The van der Waals surface area contributed by atoms with Crippen molar-refractivity contribution in [1.29, 1.82) is 0 Å². The summed E-state index contributed by atoms with van der Waals surface area (Å²) < 4.78 is 0. The van der Waals surface area contributed by atoms with Crippen molar-refractivity contribution in [3.8, 4) is 0 Å². The Balaban J connectivity index is 0.00000243. The van der Waals surface area contributed by atoms with Gasteiger partial charge < -0.3 is 20.9 Å². The first kappa shape index (κ1) is 26.3. The number of nitrogens with zero attached hydrogens (tertiary/aromatic N) is 3. The molecular weight excluding hydrogens is 421 g/mol. The number of nitrogens with one attached hydrogen (secondary N) is 1. The summed E-state index contributed by atoms with van der Waals surface area (Å²) in [7, 11) is 2.13. The standard InChI is InChI=1S/C19H25N5O.3ClH/c1-14-5-6-16(20)12-17(14)19(25)22-13-15-4-3-7-21-18(15)24-10-8-23(2)9-11-24;;;/h3-7,12H,8-11,13,20H2,1-2H3,(H,22,25);3*1H. The van der Waals surface area contributed by atoms with E-state index < -0.39 is 0 Å². The van der Waals surface area contributed by atoms with E-state index in [0.717, 1.165) is 43.1 Å². The van der Waals surface area contributed by atoms with Crippen LogP contribution in [0.1, 0.15) is 21.5 Å². The molecule has 0 saturated carbocycles. The second-order valence-electron chi connectivity index (χ2n) is 6.53. The van der Waals surface area contributed by atoms with Crippen LogP contribution >= 0.6 is 37.2 Å². The normalized spacial score (nSPS) is 13.6. The lowest BCUT2D eigenvalue weighted by Gasteiger charge is -2.34. The Bertz CT molecular complexity index is 767. The minimum absolute atomic E-state index is 0. The van der Waals surface area contributed by atoms with Crippen LogP contribution in [0.4, 0.5) is 11.5 Å². The van der Waals surface area contributed by atoms with Gasteiger partial charge in [-0.25, -0.2) is 4.98 Å². The van der Waals surface area contributed by atoms with Crippen molar-refractivity contribution in [2.75, 3.05) is 43.9 Å². The van der Waals surface area contributed by atoms with E-state index in [4.69, 9.17) is 5.73 Å². The second-order valence-corrected chi connectivity index (χ2v) is 6.53. The molecule has 0 radical (unpaired) electrons. The van der Waals surface area contributed by atoms with Gasteiger partial charge in [-0.1, -0.05) is 12.1 Å². The minimum atomic E-state index is -0.113. The zero-order chi connectivity index (χ0) is 17.8. The number of aromatic nitrogens is 1. The summed E-state index contributed by atoms with van der Waals surface area (Å²) in [5.74, 6) is 0.846. The molecule has 1 saturated heterocycles. The summed E-state index contributed by atoms with van der Waals surface area (Å²) in [5.41, 5.74) is 8.96. The third-order valence-corrected chi connectivity index (χ3v) is 4.62. The van der Waals surface area contributed by atoms with Gasteiger partial charge in [0.15, 0.2) is 0 Å². The number of carbonyl (C=O) groups is 1. The number of likely N-dealkylation sites (N-methyl/N-ethyl adjacent to an activating group) is 1. The molecule has 1 amide bonds. The van der Waals surface area contributed by atoms with Crippen molar-refractivity contribution in [3.63, 3.8) is 0 Å². The maximum Gasteiger partial charge on any atom is 0.251 e. The summed E-state index contributed by atoms with van der Waals surface area (Å²) in [6.45, 7) is 6.29. The Labute approximate surface area is 185 Å². The number of halogens is 3. The van der Waals surface area contributed by atoms with Gasteiger partial charge in [0.05, 0.1) is 0 Å². The lowest BCUT2D eigenvalue weighted by atomic mass is 10.1. The predicted octanol–water partition coefficient (Wildman–Crippen LogP) is 2.92. The lowest BCUT2D eigenvalue weighted by Crippen LogP contribution is -2.45. The van der Waals surface area contributed by atoms with Gasteiger partial charge in [-0.3, -0.25) is 4.79 Å². The number of rotatable bonds is 4. The highest BCUT2D eigenvalue weighted by Crippen LogP contribution is 2.19. The second kappa shape index (κ2) is 12.0. The number of nitrogen functional groups attached to an aromatic ring is 1. The van der Waals surface area contributed by atoms with E-state index in [1.807, 2.05) is 25.1 Å². The summed E-state index contributed by atoms with van der Waals surface area (Å²) in [6, 6.07) is 9.32. The first-order chi connectivity index (χ1) is 12.0. The number of aryl methyl sites for hydroxylation is 1. The van der Waals surface area contributed by atoms with Gasteiger partial charge in [0.1, 0.15) is 5.82 Å². The highest BCUT2D eigenvalue weighted by molar-refractivity contribution is 5.96. The van der Waals surface area contributed by atoms with Crippen LogP contribution in [0.5, 0.6) is 0 Å². The largest absolute Gasteiger partial charge is 0.399 e. The predicted molar refractivity (Wildman–Crippen MR) is 122 cm³/mol. The van der Waals surface area contributed by atoms with Gasteiger partial charge in [-0.15, -0.1) is 37.2 Å². The number of nitrogens with two attached hydrogens (primary N) is 1. The minimum Gasteiger partial charge on any atom is -0.399 e. The Hall–Kier alpha value is -1.73. The third-order valence-electron chi connectivity index (χ3n) is 4.62. The van der Waals surface area contributed by atoms with Crippen LogP contribution in [-0.2, 0) is 6.54 Å². The van der Waals surface area contributed by atoms with Crippen LogP contribution in [0.25, 0.3) is 0 Å². The van der Waals surface area contributed by atoms with Gasteiger partial charge >= 0.3 is 0 Å². The zero-order valence-electron chi connectivity index (χ0n) is 16.1. The fourth-order valence-electron chi connectivity index (χ4n) is 3.03. The van der Waals surface area contributed by atoms with E-state index in [2.05, 4.69) is 27.1 Å². The molecule has 1 aliphatic rings. The van der Waals surface area contributed by atoms with Crippen molar-refractivity contribution >= 4 is 54.6 Å². The first-order valence-electron chi connectivity index (χ1n) is 8.56. The van der Waals surface area contributed by atoms with Crippen molar-refractivity contribution in [2.24, 2.45) is 0 Å². The number of hydrogen-bond donors (Lipinski definition) is 2. The summed E-state index contributed by atoms with van der Waals surface area (Å²) in [5, 5.41) is 3.00. The van der Waals surface area contributed by atoms with Crippen molar-refractivity contribution < 1.29 is 4.79 Å². The summed E-state index contributed by atoms with van der Waals surface area (Å²) in [4.78, 5) is 21.7. The molecule has 28 heavy (non-hydrogen) atoms. The topological polar surface area (TPSA) is 74.5 Å². The van der Waals surface area contributed by atoms with Crippen molar-refractivity contribution in [2.45, 2.75) is 13.5 Å². The van der Waals surface area contributed by atoms with Crippen LogP contribution in [0.2, 0.25) is 0 Å². The fraction of sp³-hybridized carbons (Fsp3) is 0.368. The van der Waals surface area contributed by atoms with Crippen LogP contribution in [0.15, 0.2) is 36.5 Å². The molecule has 1 fully saturated rings. The molecule has 3 rings (SSSR count). The molecule has 156 valence electrons. The molecule has 9 heteroatoms. The van der Waals surface area contributed by atoms with E-state index in [0.29, 0.717) is 17.8 Å². The smallest absolute Gasteiger partial charge is 0.251 e. The molecule has 1 aliphatic heterocycles. The van der Waals surface area contributed by atoms with Crippen LogP contribution in [-0.4, -0.2) is 49.0 Å². The first-order valence-corrected chi connectivity index (χ1v) is 8.56. The molecule has 0 unspecified atom stereocenters. The van der Waals surface area contributed by atoms with Gasteiger partial charge in [-0.05, 0) is 37.7 Å². The molecule has 2 aromatic rings. The number of pyridine rings is 1. The van der Waals surface area contributed by atoms with Crippen LogP contribution in [0.3, 0.4) is 0 Å². The summed E-state index contributed by atoms with van der Waals surface area (Å²) >= 11 is 0. The quantitative estimate of drug-likeness (QED) is 0.704. The zero-order valence-corrected chi connectivity index (χ0v) is 18.5. The molecule has 2 heterocycles. The molecule has 0 aliphatic carbocycles. The maximum atomic E-state index is 12.5. The Morgan fingerprint density at radius 1 is 1.14 bits per heavy atom. The molecule has 6 nitrogen and oxygen atoms in total. The Kier molecular flexibility index (Phi) is 11.2. The highest BCUT2D eigenvalue weighted by atomic mass is 35.5. The maximum absolute atomic E-state index is 12.5. The number of carbonyl (C=O) groups excluding carboxylic acids is 1. The van der Waals surface area contributed by atoms with Gasteiger partial charge in [0, 0.05) is 55.7 Å². The average molecular weight is 449 g/mol. The third kappa shape index (κ3) is 6.41. The lowest BCUT2D eigenvalue weighted by molar-refractivity contribution is 0.0950. The van der Waals surface area contributed by atoms with Crippen LogP contribution in [0, 0.1) is 6.92 Å². The number of anilines is 2. The van der Waals surface area contributed by atoms with Gasteiger partial charge in [0.2, 0.25) is 0 Å². The van der Waals surface area contributed by atoms with Crippen LogP contribution < -0.4 is 16.0 Å². The van der Waals surface area contributed by atoms with Gasteiger partial charge in [-0.2, -0.15) is 0 Å². The number of amides is 1. The van der Waals surface area contributed by atoms with E-state index in [-0.39, 0.29) is 43.1 Å². The van der Waals surface area contributed by atoms with E-state index in [9.17, 15) is 4.79 Å². The van der Waals surface area contributed by atoms with Crippen molar-refractivity contribution in [3.05, 3.63) is 53.2 Å². The number of hydrogen-bond acceptors (Lipinski definition) is 5. The SMILES string of the molecule is Cc1ccc(N)cc1C(=O)NCc1cccnc1N1CCN(C)CC1.Cl.Cl.Cl. The fourth-order valence-corrected chi connectivity index (χ4v) is 3.03. The number of piperazine rings is 1. The monoisotopic (exact) mass is 447 g/mol. The molecule has 3 N–H and O–H groups in total. The molecule has 0 bridgehead atoms. The highest BCUT2D eigenvalue weighted by Gasteiger charge is 2.18. The van der Waals surface area contributed by atoms with E-state index in [1.165, 1.54) is 0 Å². The summed E-state index contributed by atoms with van der Waals surface area (Å²) in [6.07, 6.45) is 1.81.